The van der Waals surface area contributed by atoms with Crippen LogP contribution in [0.2, 0.25) is 0 Å². The Kier molecular flexibility index (Phi) is 3.33. The maximum absolute atomic E-state index is 10.8. The van der Waals surface area contributed by atoms with Gasteiger partial charge < -0.3 is 10.1 Å². The number of hydrogen-bond donors (Lipinski definition) is 1. The molecular formula is C7H8N6O2S2. The maximum Gasteiger partial charge on any atom is 0.342 e. The number of rotatable bonds is 4. The third kappa shape index (κ3) is 2.13. The van der Waals surface area contributed by atoms with Crippen molar-refractivity contribution in [2.45, 2.75) is 18.7 Å². The van der Waals surface area contributed by atoms with Gasteiger partial charge in [0.1, 0.15) is 11.4 Å². The van der Waals surface area contributed by atoms with E-state index in [1.54, 1.807) is 6.92 Å². The summed E-state index contributed by atoms with van der Waals surface area (Å²) in [5.41, 5.74) is 0. The van der Waals surface area contributed by atoms with Crippen molar-refractivity contribution in [2.75, 3.05) is 0 Å². The van der Waals surface area contributed by atoms with Crippen LogP contribution in [0.1, 0.15) is 23.0 Å². The quantitative estimate of drug-likeness (QED) is 0.508. The third-order valence-corrected chi connectivity index (χ3v) is 3.47. The molecule has 2 aromatic heterocycles. The number of nitro groups is 1. The van der Waals surface area contributed by atoms with E-state index in [9.17, 15) is 10.1 Å². The van der Waals surface area contributed by atoms with E-state index in [4.69, 9.17) is 0 Å². The minimum atomic E-state index is -0.473. The molecular weight excluding hydrogens is 264 g/mol. The van der Waals surface area contributed by atoms with Gasteiger partial charge in [-0.05, 0) is 17.1 Å². The summed E-state index contributed by atoms with van der Waals surface area (Å²) in [6.45, 7) is 2.24. The Labute approximate surface area is 105 Å². The molecule has 2 heterocycles. The van der Waals surface area contributed by atoms with Gasteiger partial charge in [0.15, 0.2) is 5.01 Å². The molecule has 1 unspecified atom stereocenters. The average Bonchev–Trinajstić information content (AvgIpc) is 2.96. The summed E-state index contributed by atoms with van der Waals surface area (Å²) in [4.78, 5) is 14.3. The maximum atomic E-state index is 10.8. The van der Waals surface area contributed by atoms with Gasteiger partial charge in [-0.3, -0.25) is 0 Å². The minimum Gasteiger partial charge on any atom is -0.358 e. The summed E-state index contributed by atoms with van der Waals surface area (Å²) >= 11 is 5.43. The Morgan fingerprint density at radius 3 is 3.00 bits per heavy atom. The first-order valence-corrected chi connectivity index (χ1v) is 5.97. The van der Waals surface area contributed by atoms with Gasteiger partial charge >= 0.3 is 5.82 Å². The van der Waals surface area contributed by atoms with E-state index in [2.05, 4.69) is 32.4 Å². The molecule has 90 valence electrons. The predicted molar refractivity (Wildman–Crippen MR) is 63.1 cm³/mol. The summed E-state index contributed by atoms with van der Waals surface area (Å²) in [5, 5.41) is 18.1. The van der Waals surface area contributed by atoms with Gasteiger partial charge in [-0.15, -0.1) is 5.10 Å². The van der Waals surface area contributed by atoms with E-state index in [1.165, 1.54) is 10.8 Å². The molecule has 0 fully saturated rings. The van der Waals surface area contributed by atoms with Crippen molar-refractivity contribution in [1.82, 2.24) is 24.4 Å². The largest absolute Gasteiger partial charge is 0.358 e. The van der Waals surface area contributed by atoms with Crippen molar-refractivity contribution >= 4 is 30.0 Å². The molecule has 0 aliphatic rings. The van der Waals surface area contributed by atoms with Gasteiger partial charge in [0.25, 0.3) is 0 Å². The normalized spacial score (nSPS) is 12.6. The molecule has 8 nitrogen and oxygen atoms in total. The van der Waals surface area contributed by atoms with Crippen LogP contribution >= 0.6 is 24.2 Å². The first-order chi connectivity index (χ1) is 8.15. The summed E-state index contributed by atoms with van der Waals surface area (Å²) in [5.74, 6) is 0.417. The van der Waals surface area contributed by atoms with E-state index < -0.39 is 10.2 Å². The highest BCUT2D eigenvalue weighted by molar-refractivity contribution is 7.80. The summed E-state index contributed by atoms with van der Waals surface area (Å²) < 4.78 is 5.11. The summed E-state index contributed by atoms with van der Waals surface area (Å²) in [6.07, 6.45) is 1.22. The molecule has 10 heteroatoms. The zero-order chi connectivity index (χ0) is 12.4. The number of aromatic nitrogens is 5. The van der Waals surface area contributed by atoms with E-state index in [0.717, 1.165) is 11.5 Å². The predicted octanol–water partition coefficient (Wildman–Crippen LogP) is 1.08. The number of nitrogens with zero attached hydrogens (tertiary/aromatic N) is 6. The molecule has 0 amide bonds. The second-order valence-electron chi connectivity index (χ2n) is 3.08. The van der Waals surface area contributed by atoms with Gasteiger partial charge in [-0.1, -0.05) is 4.49 Å². The monoisotopic (exact) mass is 272 g/mol. The summed E-state index contributed by atoms with van der Waals surface area (Å²) in [6, 6.07) is 0. The van der Waals surface area contributed by atoms with Crippen molar-refractivity contribution in [3.63, 3.8) is 0 Å². The molecule has 2 rings (SSSR count). The van der Waals surface area contributed by atoms with Crippen LogP contribution in [0, 0.1) is 10.1 Å². The van der Waals surface area contributed by atoms with Crippen molar-refractivity contribution in [3.05, 3.63) is 27.1 Å². The smallest absolute Gasteiger partial charge is 0.342 e. The van der Waals surface area contributed by atoms with Gasteiger partial charge in [0, 0.05) is 11.5 Å². The zero-order valence-corrected chi connectivity index (χ0v) is 10.4. The van der Waals surface area contributed by atoms with Crippen molar-refractivity contribution in [3.8, 4) is 0 Å². The van der Waals surface area contributed by atoms with Gasteiger partial charge in [0.2, 0.25) is 5.82 Å². The lowest BCUT2D eigenvalue weighted by Gasteiger charge is -2.04. The lowest BCUT2D eigenvalue weighted by atomic mass is 10.4. The van der Waals surface area contributed by atoms with Crippen LogP contribution in [0.3, 0.4) is 0 Å². The van der Waals surface area contributed by atoms with Gasteiger partial charge in [-0.2, -0.15) is 12.6 Å². The van der Waals surface area contributed by atoms with Crippen LogP contribution < -0.4 is 0 Å². The second-order valence-corrected chi connectivity index (χ2v) is 4.36. The lowest BCUT2D eigenvalue weighted by Crippen LogP contribution is -2.08. The van der Waals surface area contributed by atoms with E-state index in [0.29, 0.717) is 17.4 Å². The fourth-order valence-electron chi connectivity index (χ4n) is 1.42. The zero-order valence-electron chi connectivity index (χ0n) is 8.72. The Morgan fingerprint density at radius 1 is 1.71 bits per heavy atom. The average molecular weight is 272 g/mol. The number of imidazole rings is 1. The molecule has 0 saturated carbocycles. The standard InChI is InChI=1S/C7H8N6O2S2/c1-2-12-4(13(14)15)3-8-6(12)5(16)7-9-10-11-17-7/h3,5,16H,2H2,1H3. The van der Waals surface area contributed by atoms with E-state index in [-0.39, 0.29) is 5.82 Å². The fourth-order valence-corrected chi connectivity index (χ4v) is 2.26. The fraction of sp³-hybridized carbons (Fsp3) is 0.429. The highest BCUT2D eigenvalue weighted by Crippen LogP contribution is 2.29. The van der Waals surface area contributed by atoms with Crippen molar-refractivity contribution < 1.29 is 4.92 Å². The van der Waals surface area contributed by atoms with Crippen LogP contribution in [-0.4, -0.2) is 29.3 Å². The topological polar surface area (TPSA) is 99.6 Å². The van der Waals surface area contributed by atoms with Crippen LogP contribution in [0.15, 0.2) is 6.20 Å². The molecule has 17 heavy (non-hydrogen) atoms. The van der Waals surface area contributed by atoms with Crippen LogP contribution in [0.5, 0.6) is 0 Å². The molecule has 0 bridgehead atoms. The molecule has 0 aliphatic heterocycles. The lowest BCUT2D eigenvalue weighted by molar-refractivity contribution is -0.392. The third-order valence-electron chi connectivity index (χ3n) is 2.16. The molecule has 0 N–H and O–H groups in total. The Bertz CT molecular complexity index is 524. The Morgan fingerprint density at radius 2 is 2.47 bits per heavy atom. The molecule has 0 saturated heterocycles. The molecule has 0 spiro atoms. The van der Waals surface area contributed by atoms with E-state index >= 15 is 0 Å². The summed E-state index contributed by atoms with van der Waals surface area (Å²) in [7, 11) is 0. The molecule has 0 aliphatic carbocycles. The number of hydrogen-bond acceptors (Lipinski definition) is 8. The minimum absolute atomic E-state index is 0.0565. The van der Waals surface area contributed by atoms with Crippen molar-refractivity contribution in [2.24, 2.45) is 0 Å². The Balaban J connectivity index is 2.42. The molecule has 0 aromatic carbocycles. The molecule has 0 radical (unpaired) electrons. The Hall–Kier alpha value is -1.55. The SMILES string of the molecule is CCn1c([N+](=O)[O-])cnc1C(S)c1nnns1. The second kappa shape index (κ2) is 4.75. The highest BCUT2D eigenvalue weighted by atomic mass is 32.1. The van der Waals surface area contributed by atoms with Gasteiger partial charge in [-0.25, -0.2) is 9.55 Å². The van der Waals surface area contributed by atoms with Crippen LogP contribution in [0.4, 0.5) is 5.82 Å². The van der Waals surface area contributed by atoms with Crippen LogP contribution in [0.25, 0.3) is 0 Å². The first kappa shape index (κ1) is 11.9. The van der Waals surface area contributed by atoms with E-state index in [1.807, 2.05) is 0 Å². The first-order valence-electron chi connectivity index (χ1n) is 4.68. The van der Waals surface area contributed by atoms with Gasteiger partial charge in [0.05, 0.1) is 6.54 Å². The molecule has 2 aromatic rings. The number of thiol groups is 1. The van der Waals surface area contributed by atoms with Crippen molar-refractivity contribution in [1.29, 1.82) is 0 Å². The molecule has 1 atom stereocenters. The van der Waals surface area contributed by atoms with Crippen LogP contribution in [-0.2, 0) is 6.54 Å². The highest BCUT2D eigenvalue weighted by Gasteiger charge is 2.27.